The summed E-state index contributed by atoms with van der Waals surface area (Å²) in [4.78, 5) is 20.2. The number of nitrogens with zero attached hydrogens (tertiary/aromatic N) is 3. The highest BCUT2D eigenvalue weighted by atomic mass is 32.1. The Morgan fingerprint density at radius 2 is 1.79 bits per heavy atom. The predicted molar refractivity (Wildman–Crippen MR) is 111 cm³/mol. The summed E-state index contributed by atoms with van der Waals surface area (Å²) >= 11 is 1.70. The first-order chi connectivity index (χ1) is 13.8. The topological polar surface area (TPSA) is 46.8 Å². The Morgan fingerprint density at radius 3 is 2.54 bits per heavy atom. The van der Waals surface area contributed by atoms with Crippen molar-refractivity contribution in [2.45, 2.75) is 0 Å². The Labute approximate surface area is 166 Å². The number of carbonyl (C=O) groups excluding carboxylic acids is 1. The van der Waals surface area contributed by atoms with E-state index in [1.807, 2.05) is 47.5 Å². The van der Waals surface area contributed by atoms with Crippen molar-refractivity contribution in [1.82, 2.24) is 14.3 Å². The molecule has 1 aliphatic heterocycles. The van der Waals surface area contributed by atoms with E-state index in [2.05, 4.69) is 33.1 Å². The van der Waals surface area contributed by atoms with Crippen LogP contribution in [0.25, 0.3) is 27.3 Å². The molecule has 0 unspecified atom stereocenters. The van der Waals surface area contributed by atoms with Gasteiger partial charge in [0, 0.05) is 24.8 Å². The quantitative estimate of drug-likeness (QED) is 0.528. The fraction of sp³-hybridized carbons (Fsp3) is 0.182. The molecule has 0 spiro atoms. The summed E-state index contributed by atoms with van der Waals surface area (Å²) in [5.74, 6) is 0.0693. The Morgan fingerprint density at radius 1 is 1.00 bits per heavy atom. The van der Waals surface area contributed by atoms with Crippen LogP contribution in [0.3, 0.4) is 0 Å². The molecule has 1 amide bonds. The highest BCUT2D eigenvalue weighted by Crippen LogP contribution is 2.28. The van der Waals surface area contributed by atoms with E-state index in [1.165, 1.54) is 4.88 Å². The monoisotopic (exact) mass is 389 g/mol. The van der Waals surface area contributed by atoms with Crippen molar-refractivity contribution >= 4 is 22.9 Å². The van der Waals surface area contributed by atoms with Crippen molar-refractivity contribution in [3.8, 4) is 21.7 Å². The van der Waals surface area contributed by atoms with Crippen molar-refractivity contribution in [2.75, 3.05) is 26.3 Å². The summed E-state index contributed by atoms with van der Waals surface area (Å²) < 4.78 is 7.45. The van der Waals surface area contributed by atoms with Crippen LogP contribution in [0.4, 0.5) is 0 Å². The standard InChI is InChI=1S/C22H19N3O2S/c26-22(24-9-11-27-12-10-24)17-5-3-16(4-6-17)18-7-8-21-23-14-19(25(21)15-18)20-2-1-13-28-20/h1-8,13-15H,9-12H2. The molecule has 1 saturated heterocycles. The normalized spacial score (nSPS) is 14.5. The molecule has 28 heavy (non-hydrogen) atoms. The van der Waals surface area contributed by atoms with E-state index in [1.54, 1.807) is 11.3 Å². The van der Waals surface area contributed by atoms with Crippen molar-refractivity contribution in [3.05, 3.63) is 71.9 Å². The zero-order chi connectivity index (χ0) is 18.9. The van der Waals surface area contributed by atoms with E-state index >= 15 is 0 Å². The number of amides is 1. The fourth-order valence-electron chi connectivity index (χ4n) is 3.51. The van der Waals surface area contributed by atoms with Gasteiger partial charge in [-0.1, -0.05) is 18.2 Å². The van der Waals surface area contributed by atoms with Gasteiger partial charge in [-0.25, -0.2) is 4.98 Å². The largest absolute Gasteiger partial charge is 0.378 e. The first-order valence-corrected chi connectivity index (χ1v) is 10.2. The van der Waals surface area contributed by atoms with Gasteiger partial charge in [0.05, 0.1) is 30.0 Å². The second kappa shape index (κ2) is 7.22. The SMILES string of the molecule is O=C(c1ccc(-c2ccc3ncc(-c4cccs4)n3c2)cc1)N1CCOCC1. The van der Waals surface area contributed by atoms with Gasteiger partial charge in [0.25, 0.3) is 5.91 Å². The molecule has 0 bridgehead atoms. The number of hydrogen-bond donors (Lipinski definition) is 0. The lowest BCUT2D eigenvalue weighted by Gasteiger charge is -2.26. The van der Waals surface area contributed by atoms with Crippen molar-refractivity contribution in [1.29, 1.82) is 0 Å². The number of ether oxygens (including phenoxy) is 1. The Bertz CT molecular complexity index is 1110. The van der Waals surface area contributed by atoms with Crippen LogP contribution in [0.1, 0.15) is 10.4 Å². The number of imidazole rings is 1. The molecular weight excluding hydrogens is 370 g/mol. The van der Waals surface area contributed by atoms with Crippen LogP contribution in [0.5, 0.6) is 0 Å². The number of morpholine rings is 1. The molecule has 5 rings (SSSR count). The fourth-order valence-corrected chi connectivity index (χ4v) is 4.24. The molecule has 0 saturated carbocycles. The number of aromatic nitrogens is 2. The number of pyridine rings is 1. The molecule has 4 aromatic rings. The van der Waals surface area contributed by atoms with Gasteiger partial charge in [-0.05, 0) is 46.8 Å². The third-order valence-electron chi connectivity index (χ3n) is 5.04. The number of benzene rings is 1. The Balaban J connectivity index is 1.45. The summed E-state index contributed by atoms with van der Waals surface area (Å²) in [5, 5.41) is 2.07. The van der Waals surface area contributed by atoms with Gasteiger partial charge in [-0.3, -0.25) is 9.20 Å². The molecule has 3 aromatic heterocycles. The Hall–Kier alpha value is -2.96. The minimum Gasteiger partial charge on any atom is -0.378 e. The maximum Gasteiger partial charge on any atom is 0.254 e. The van der Waals surface area contributed by atoms with Crippen LogP contribution in [0.15, 0.2) is 66.3 Å². The van der Waals surface area contributed by atoms with E-state index in [9.17, 15) is 4.79 Å². The van der Waals surface area contributed by atoms with E-state index in [4.69, 9.17) is 4.74 Å². The number of rotatable bonds is 3. The molecular formula is C22H19N3O2S. The molecule has 5 nitrogen and oxygen atoms in total. The van der Waals surface area contributed by atoms with Crippen LogP contribution in [0.2, 0.25) is 0 Å². The lowest BCUT2D eigenvalue weighted by molar-refractivity contribution is 0.0303. The summed E-state index contributed by atoms with van der Waals surface area (Å²) in [5.41, 5.74) is 4.89. The molecule has 6 heteroatoms. The van der Waals surface area contributed by atoms with Crippen LogP contribution in [-0.2, 0) is 4.74 Å². The molecule has 1 aromatic carbocycles. The van der Waals surface area contributed by atoms with Crippen molar-refractivity contribution in [2.24, 2.45) is 0 Å². The lowest BCUT2D eigenvalue weighted by Crippen LogP contribution is -2.40. The first-order valence-electron chi connectivity index (χ1n) is 9.28. The highest BCUT2D eigenvalue weighted by Gasteiger charge is 2.18. The summed E-state index contributed by atoms with van der Waals surface area (Å²) in [6.07, 6.45) is 4.02. The van der Waals surface area contributed by atoms with Crippen molar-refractivity contribution < 1.29 is 9.53 Å². The van der Waals surface area contributed by atoms with Crippen LogP contribution >= 0.6 is 11.3 Å². The third kappa shape index (κ3) is 3.10. The number of carbonyl (C=O) groups is 1. The maximum atomic E-state index is 12.6. The van der Waals surface area contributed by atoms with Gasteiger partial charge in [-0.15, -0.1) is 11.3 Å². The molecule has 140 valence electrons. The number of hydrogen-bond acceptors (Lipinski definition) is 4. The second-order valence-corrected chi connectivity index (χ2v) is 7.70. The van der Waals surface area contributed by atoms with Gasteiger partial charge in [0.2, 0.25) is 0 Å². The van der Waals surface area contributed by atoms with Gasteiger partial charge in [-0.2, -0.15) is 0 Å². The average Bonchev–Trinajstić information content (AvgIpc) is 3.43. The third-order valence-corrected chi connectivity index (χ3v) is 5.94. The lowest BCUT2D eigenvalue weighted by atomic mass is 10.0. The first kappa shape index (κ1) is 17.2. The Kier molecular flexibility index (Phi) is 4.43. The summed E-state index contributed by atoms with van der Waals surface area (Å²) in [7, 11) is 0. The highest BCUT2D eigenvalue weighted by molar-refractivity contribution is 7.13. The molecule has 0 aliphatic carbocycles. The van der Waals surface area contributed by atoms with Gasteiger partial charge >= 0.3 is 0 Å². The van der Waals surface area contributed by atoms with E-state index in [0.29, 0.717) is 31.9 Å². The molecule has 4 heterocycles. The van der Waals surface area contributed by atoms with Crippen LogP contribution < -0.4 is 0 Å². The molecule has 0 radical (unpaired) electrons. The van der Waals surface area contributed by atoms with E-state index in [0.717, 1.165) is 22.5 Å². The zero-order valence-corrected chi connectivity index (χ0v) is 16.1. The summed E-state index contributed by atoms with van der Waals surface area (Å²) in [6, 6.07) is 16.1. The minimum absolute atomic E-state index is 0.0693. The van der Waals surface area contributed by atoms with Gasteiger partial charge < -0.3 is 9.64 Å². The van der Waals surface area contributed by atoms with Crippen LogP contribution in [0, 0.1) is 0 Å². The molecule has 0 atom stereocenters. The van der Waals surface area contributed by atoms with Crippen LogP contribution in [-0.4, -0.2) is 46.5 Å². The van der Waals surface area contributed by atoms with Gasteiger partial charge in [0.1, 0.15) is 5.65 Å². The van der Waals surface area contributed by atoms with E-state index < -0.39 is 0 Å². The van der Waals surface area contributed by atoms with E-state index in [-0.39, 0.29) is 5.91 Å². The average molecular weight is 389 g/mol. The minimum atomic E-state index is 0.0693. The number of fused-ring (bicyclic) bond motifs is 1. The molecule has 1 fully saturated rings. The molecule has 0 N–H and O–H groups in total. The summed E-state index contributed by atoms with van der Waals surface area (Å²) in [6.45, 7) is 2.54. The van der Waals surface area contributed by atoms with Gasteiger partial charge in [0.15, 0.2) is 0 Å². The zero-order valence-electron chi connectivity index (χ0n) is 15.2. The smallest absolute Gasteiger partial charge is 0.254 e. The van der Waals surface area contributed by atoms with Crippen molar-refractivity contribution in [3.63, 3.8) is 0 Å². The molecule has 1 aliphatic rings. The maximum absolute atomic E-state index is 12.6. The number of thiophene rings is 1. The predicted octanol–water partition coefficient (Wildman–Crippen LogP) is 4.20. The second-order valence-electron chi connectivity index (χ2n) is 6.75.